The summed E-state index contributed by atoms with van der Waals surface area (Å²) < 4.78 is 0. The number of hydrogen-bond donors (Lipinski definition) is 0. The minimum Gasteiger partial charge on any atom is -0.192 e. The molecule has 1 heteroatoms. The summed E-state index contributed by atoms with van der Waals surface area (Å²) in [6.07, 6.45) is 2.07. The van der Waals surface area contributed by atoms with Crippen molar-refractivity contribution in [2.75, 3.05) is 0 Å². The molecule has 0 aliphatic rings. The Bertz CT molecular complexity index is 345. The van der Waals surface area contributed by atoms with E-state index >= 15 is 0 Å². The Morgan fingerprint density at radius 2 is 2.07 bits per heavy atom. The molecule has 1 aromatic carbocycles. The average molecular weight is 186 g/mol. The van der Waals surface area contributed by atoms with Crippen LogP contribution < -0.4 is 0 Å². The zero-order chi connectivity index (χ0) is 10.6. The lowest BCUT2D eigenvalue weighted by atomic mass is 9.92. The van der Waals surface area contributed by atoms with Crippen molar-refractivity contribution in [3.8, 4) is 6.07 Å². The molecule has 0 N–H and O–H groups in total. The van der Waals surface area contributed by atoms with Gasteiger partial charge in [0.2, 0.25) is 0 Å². The summed E-state index contributed by atoms with van der Waals surface area (Å²) in [7, 11) is 0. The maximum absolute atomic E-state index is 9.11. The van der Waals surface area contributed by atoms with Gasteiger partial charge < -0.3 is 0 Å². The molecule has 0 atom stereocenters. The van der Waals surface area contributed by atoms with Gasteiger partial charge in [-0.1, -0.05) is 45.4 Å². The van der Waals surface area contributed by atoms with Crippen molar-refractivity contribution >= 4 is 0 Å². The van der Waals surface area contributed by atoms with E-state index in [1.165, 1.54) is 11.5 Å². The molecular formula is C13H16N. The third-order valence-electron chi connectivity index (χ3n) is 2.32. The molecule has 73 valence electrons. The fourth-order valence-electron chi connectivity index (χ4n) is 1.63. The summed E-state index contributed by atoms with van der Waals surface area (Å²) in [6, 6.07) is 8.42. The van der Waals surface area contributed by atoms with E-state index in [1.807, 2.05) is 26.0 Å². The number of nitrogens with zero attached hydrogens (tertiary/aromatic N) is 1. The van der Waals surface area contributed by atoms with Crippen molar-refractivity contribution < 1.29 is 0 Å². The van der Waals surface area contributed by atoms with Crippen LogP contribution in [0.4, 0.5) is 0 Å². The van der Waals surface area contributed by atoms with E-state index in [4.69, 9.17) is 5.26 Å². The molecule has 0 aliphatic heterocycles. The van der Waals surface area contributed by atoms with Crippen LogP contribution in [0.15, 0.2) is 18.2 Å². The highest BCUT2D eigenvalue weighted by Gasteiger charge is 2.09. The number of nitriles is 1. The maximum Gasteiger partial charge on any atom is 0.0997 e. The minimum atomic E-state index is 0.856. The Morgan fingerprint density at radius 1 is 1.36 bits per heavy atom. The van der Waals surface area contributed by atoms with E-state index in [9.17, 15) is 0 Å². The highest BCUT2D eigenvalue weighted by molar-refractivity contribution is 5.49. The summed E-state index contributed by atoms with van der Waals surface area (Å²) in [6.45, 7) is 6.23. The second kappa shape index (κ2) is 4.81. The molecule has 0 saturated heterocycles. The maximum atomic E-state index is 9.11. The van der Waals surface area contributed by atoms with E-state index in [2.05, 4.69) is 19.1 Å². The molecule has 1 aromatic rings. The molecule has 0 unspecified atom stereocenters. The molecule has 0 saturated carbocycles. The topological polar surface area (TPSA) is 23.8 Å². The van der Waals surface area contributed by atoms with Gasteiger partial charge in [0.1, 0.15) is 0 Å². The molecule has 0 aliphatic carbocycles. The van der Waals surface area contributed by atoms with Crippen LogP contribution in [0.25, 0.3) is 0 Å². The Balaban J connectivity index is 3.20. The zero-order valence-corrected chi connectivity index (χ0v) is 9.09. The lowest BCUT2D eigenvalue weighted by molar-refractivity contribution is 0.914. The largest absolute Gasteiger partial charge is 0.192 e. The first kappa shape index (κ1) is 10.8. The quantitative estimate of drug-likeness (QED) is 0.709. The Hall–Kier alpha value is -1.29. The summed E-state index contributed by atoms with van der Waals surface area (Å²) in [5.74, 6) is 1.21. The van der Waals surface area contributed by atoms with Crippen molar-refractivity contribution in [1.82, 2.24) is 0 Å². The normalized spacial score (nSPS) is 10.2. The third kappa shape index (κ3) is 2.14. The van der Waals surface area contributed by atoms with E-state index in [1.54, 1.807) is 0 Å². The monoisotopic (exact) mass is 186 g/mol. The van der Waals surface area contributed by atoms with E-state index in [-0.39, 0.29) is 0 Å². The van der Waals surface area contributed by atoms with Crippen molar-refractivity contribution in [1.29, 1.82) is 5.26 Å². The molecular weight excluding hydrogens is 170 g/mol. The molecule has 0 bridgehead atoms. The molecule has 0 fully saturated rings. The van der Waals surface area contributed by atoms with Gasteiger partial charge in [0.25, 0.3) is 0 Å². The first-order valence-electron chi connectivity index (χ1n) is 5.03. The highest BCUT2D eigenvalue weighted by Crippen LogP contribution is 2.22. The summed E-state index contributed by atoms with van der Waals surface area (Å²) in [4.78, 5) is 0. The standard InChI is InChI=1S/C13H16N/c1-4-6-11-7-5-8-12(10(2)3)13(11)9-14/h5,7-8H,4,6H2,1-3H3. The molecule has 14 heavy (non-hydrogen) atoms. The smallest absolute Gasteiger partial charge is 0.0997 e. The van der Waals surface area contributed by atoms with E-state index in [0.29, 0.717) is 0 Å². The highest BCUT2D eigenvalue weighted by atomic mass is 14.3. The van der Waals surface area contributed by atoms with Gasteiger partial charge in [-0.2, -0.15) is 5.26 Å². The average Bonchev–Trinajstić information content (AvgIpc) is 2.18. The Labute approximate surface area is 86.4 Å². The van der Waals surface area contributed by atoms with E-state index in [0.717, 1.165) is 24.0 Å². The summed E-state index contributed by atoms with van der Waals surface area (Å²) in [5.41, 5.74) is 3.13. The molecule has 0 heterocycles. The third-order valence-corrected chi connectivity index (χ3v) is 2.32. The first-order chi connectivity index (χ1) is 6.70. The number of rotatable bonds is 3. The van der Waals surface area contributed by atoms with Crippen LogP contribution in [0.3, 0.4) is 0 Å². The molecule has 1 rings (SSSR count). The van der Waals surface area contributed by atoms with Crippen LogP contribution in [0, 0.1) is 17.2 Å². The lowest BCUT2D eigenvalue weighted by Crippen LogP contribution is -1.98. The molecule has 0 spiro atoms. The second-order valence-corrected chi connectivity index (χ2v) is 3.70. The number of aryl methyl sites for hydroxylation is 1. The fourth-order valence-corrected chi connectivity index (χ4v) is 1.63. The molecule has 1 nitrogen and oxygen atoms in total. The predicted octanol–water partition coefficient (Wildman–Crippen LogP) is 3.47. The Kier molecular flexibility index (Phi) is 3.71. The van der Waals surface area contributed by atoms with Crippen molar-refractivity contribution in [2.24, 2.45) is 0 Å². The van der Waals surface area contributed by atoms with Crippen LogP contribution in [0.5, 0.6) is 0 Å². The second-order valence-electron chi connectivity index (χ2n) is 3.70. The van der Waals surface area contributed by atoms with Crippen molar-refractivity contribution in [3.63, 3.8) is 0 Å². The van der Waals surface area contributed by atoms with Crippen LogP contribution in [-0.2, 0) is 6.42 Å². The predicted molar refractivity (Wildman–Crippen MR) is 58.8 cm³/mol. The van der Waals surface area contributed by atoms with Crippen molar-refractivity contribution in [2.45, 2.75) is 33.6 Å². The van der Waals surface area contributed by atoms with Gasteiger partial charge >= 0.3 is 0 Å². The fraction of sp³-hybridized carbons (Fsp3) is 0.385. The number of hydrogen-bond acceptors (Lipinski definition) is 1. The van der Waals surface area contributed by atoms with Gasteiger partial charge in [0.05, 0.1) is 11.6 Å². The van der Waals surface area contributed by atoms with Crippen LogP contribution in [-0.4, -0.2) is 0 Å². The van der Waals surface area contributed by atoms with Crippen LogP contribution in [0.1, 0.15) is 43.9 Å². The summed E-state index contributed by atoms with van der Waals surface area (Å²) >= 11 is 0. The van der Waals surface area contributed by atoms with Gasteiger partial charge in [-0.05, 0) is 17.5 Å². The Morgan fingerprint density at radius 3 is 2.57 bits per heavy atom. The molecule has 0 aromatic heterocycles. The van der Waals surface area contributed by atoms with Gasteiger partial charge in [0, 0.05) is 5.92 Å². The molecule has 0 amide bonds. The van der Waals surface area contributed by atoms with E-state index < -0.39 is 0 Å². The van der Waals surface area contributed by atoms with Crippen LogP contribution >= 0.6 is 0 Å². The van der Waals surface area contributed by atoms with Gasteiger partial charge in [-0.3, -0.25) is 0 Å². The van der Waals surface area contributed by atoms with Gasteiger partial charge in [-0.25, -0.2) is 0 Å². The lowest BCUT2D eigenvalue weighted by Gasteiger charge is -2.10. The molecule has 1 radical (unpaired) electrons. The van der Waals surface area contributed by atoms with Gasteiger partial charge in [-0.15, -0.1) is 0 Å². The van der Waals surface area contributed by atoms with Crippen LogP contribution in [0.2, 0.25) is 0 Å². The van der Waals surface area contributed by atoms with Gasteiger partial charge in [0.15, 0.2) is 0 Å². The first-order valence-corrected chi connectivity index (χ1v) is 5.03. The minimum absolute atomic E-state index is 0.856. The summed E-state index contributed by atoms with van der Waals surface area (Å²) in [5, 5.41) is 9.11. The zero-order valence-electron chi connectivity index (χ0n) is 9.09. The SMILES string of the molecule is CCCc1cccc([C](C)C)c1C#N. The van der Waals surface area contributed by atoms with Crippen molar-refractivity contribution in [3.05, 3.63) is 40.8 Å². The number of benzene rings is 1.